The molecule has 6 rings (SSSR count). The Bertz CT molecular complexity index is 1430. The molecule has 0 bridgehead atoms. The fraction of sp³-hybridized carbons (Fsp3) is 0.130. The summed E-state index contributed by atoms with van der Waals surface area (Å²) in [4.78, 5) is 26.8. The minimum atomic E-state index is -0.416. The zero-order chi connectivity index (χ0) is 21.8. The largest absolute Gasteiger partial charge is 0.480 e. The van der Waals surface area contributed by atoms with Crippen molar-refractivity contribution in [1.82, 2.24) is 15.0 Å². The molecule has 2 aromatic carbocycles. The maximum absolute atomic E-state index is 13.9. The highest BCUT2D eigenvalue weighted by Gasteiger charge is 2.25. The van der Waals surface area contributed by atoms with Crippen LogP contribution < -0.4 is 15.0 Å². The van der Waals surface area contributed by atoms with Crippen LogP contribution in [-0.2, 0) is 11.2 Å². The summed E-state index contributed by atoms with van der Waals surface area (Å²) in [5, 5.41) is 3.63. The second-order valence-corrected chi connectivity index (χ2v) is 8.04. The lowest BCUT2D eigenvalue weighted by Crippen LogP contribution is -2.26. The van der Waals surface area contributed by atoms with Gasteiger partial charge >= 0.3 is 0 Å². The SMILES string of the molecule is O=C1COc2cc(-c3ccc4ncnc(N5CCc6cc(F)c(Cl)cc65)c4c3)cnc2N1. The van der Waals surface area contributed by atoms with E-state index in [0.717, 1.165) is 39.1 Å². The first-order valence-corrected chi connectivity index (χ1v) is 10.4. The van der Waals surface area contributed by atoms with Crippen molar-refractivity contribution in [1.29, 1.82) is 0 Å². The minimum Gasteiger partial charge on any atom is -0.480 e. The van der Waals surface area contributed by atoms with Crippen LogP contribution in [0.2, 0.25) is 5.02 Å². The number of anilines is 3. The van der Waals surface area contributed by atoms with Gasteiger partial charge in [0.05, 0.1) is 10.5 Å². The summed E-state index contributed by atoms with van der Waals surface area (Å²) in [6.07, 6.45) is 3.91. The highest BCUT2D eigenvalue weighted by Crippen LogP contribution is 2.40. The molecule has 0 unspecified atom stereocenters. The van der Waals surface area contributed by atoms with E-state index in [4.69, 9.17) is 16.3 Å². The van der Waals surface area contributed by atoms with E-state index in [-0.39, 0.29) is 17.5 Å². The van der Waals surface area contributed by atoms with Gasteiger partial charge in [0, 0.05) is 29.4 Å². The van der Waals surface area contributed by atoms with Crippen LogP contribution in [0, 0.1) is 5.82 Å². The molecule has 9 heteroatoms. The maximum Gasteiger partial charge on any atom is 0.263 e. The lowest BCUT2D eigenvalue weighted by atomic mass is 10.0. The molecule has 4 aromatic rings. The van der Waals surface area contributed by atoms with Crippen LogP contribution in [0.15, 0.2) is 48.9 Å². The molecular weight excluding hydrogens is 433 g/mol. The van der Waals surface area contributed by atoms with E-state index in [1.165, 1.54) is 12.4 Å². The first-order chi connectivity index (χ1) is 15.6. The summed E-state index contributed by atoms with van der Waals surface area (Å²) in [6.45, 7) is 0.630. The van der Waals surface area contributed by atoms with Crippen LogP contribution in [-0.4, -0.2) is 34.0 Å². The molecule has 0 spiro atoms. The zero-order valence-corrected chi connectivity index (χ0v) is 17.4. The van der Waals surface area contributed by atoms with Gasteiger partial charge in [-0.25, -0.2) is 19.3 Å². The van der Waals surface area contributed by atoms with Crippen molar-refractivity contribution in [3.8, 4) is 16.9 Å². The molecule has 0 aliphatic carbocycles. The number of pyridine rings is 1. The molecule has 2 aliphatic heterocycles. The molecule has 2 aliphatic rings. The van der Waals surface area contributed by atoms with E-state index in [1.54, 1.807) is 12.3 Å². The second kappa shape index (κ2) is 7.13. The normalized spacial score (nSPS) is 14.7. The molecule has 0 fully saturated rings. The number of ether oxygens (including phenoxy) is 1. The van der Waals surface area contributed by atoms with E-state index >= 15 is 0 Å². The van der Waals surface area contributed by atoms with Gasteiger partial charge in [0.25, 0.3) is 5.91 Å². The number of nitrogens with one attached hydrogen (secondary N) is 1. The average Bonchev–Trinajstić information content (AvgIpc) is 3.20. The molecule has 32 heavy (non-hydrogen) atoms. The number of hydrogen-bond donors (Lipinski definition) is 1. The van der Waals surface area contributed by atoms with E-state index in [9.17, 15) is 9.18 Å². The smallest absolute Gasteiger partial charge is 0.263 e. The Morgan fingerprint density at radius 1 is 1.09 bits per heavy atom. The van der Waals surface area contributed by atoms with Crippen molar-refractivity contribution >= 4 is 45.7 Å². The third-order valence-electron chi connectivity index (χ3n) is 5.69. The van der Waals surface area contributed by atoms with Crippen molar-refractivity contribution in [2.24, 2.45) is 0 Å². The number of amides is 1. The van der Waals surface area contributed by atoms with Gasteiger partial charge in [-0.15, -0.1) is 0 Å². The number of hydrogen-bond acceptors (Lipinski definition) is 6. The van der Waals surface area contributed by atoms with Crippen LogP contribution >= 0.6 is 11.6 Å². The molecule has 0 atom stereocenters. The van der Waals surface area contributed by atoms with Crippen molar-refractivity contribution in [3.63, 3.8) is 0 Å². The molecule has 4 heterocycles. The van der Waals surface area contributed by atoms with Gasteiger partial charge in [-0.1, -0.05) is 17.7 Å². The quantitative estimate of drug-likeness (QED) is 0.487. The van der Waals surface area contributed by atoms with Crippen LogP contribution in [0.1, 0.15) is 5.56 Å². The van der Waals surface area contributed by atoms with Gasteiger partial charge in [-0.05, 0) is 47.9 Å². The molecule has 1 N–H and O–H groups in total. The van der Waals surface area contributed by atoms with E-state index in [2.05, 4.69) is 20.3 Å². The molecule has 1 amide bonds. The van der Waals surface area contributed by atoms with Crippen LogP contribution in [0.25, 0.3) is 22.0 Å². The predicted molar refractivity (Wildman–Crippen MR) is 119 cm³/mol. The number of fused-ring (bicyclic) bond motifs is 3. The number of carbonyl (C=O) groups is 1. The number of aromatic nitrogens is 3. The van der Waals surface area contributed by atoms with Crippen LogP contribution in [0.3, 0.4) is 0 Å². The Hall–Kier alpha value is -3.78. The number of carbonyl (C=O) groups excluding carboxylic acids is 1. The fourth-order valence-electron chi connectivity index (χ4n) is 4.16. The topological polar surface area (TPSA) is 80.2 Å². The molecule has 2 aromatic heterocycles. The van der Waals surface area contributed by atoms with E-state index < -0.39 is 5.82 Å². The fourth-order valence-corrected chi connectivity index (χ4v) is 4.32. The van der Waals surface area contributed by atoms with Crippen molar-refractivity contribution in [2.45, 2.75) is 6.42 Å². The Morgan fingerprint density at radius 3 is 2.91 bits per heavy atom. The lowest BCUT2D eigenvalue weighted by Gasteiger charge is -2.21. The number of nitrogens with zero attached hydrogens (tertiary/aromatic N) is 4. The van der Waals surface area contributed by atoms with Gasteiger partial charge in [0.2, 0.25) is 0 Å². The van der Waals surface area contributed by atoms with Gasteiger partial charge in [0.15, 0.2) is 18.2 Å². The van der Waals surface area contributed by atoms with Gasteiger partial charge in [-0.3, -0.25) is 4.79 Å². The van der Waals surface area contributed by atoms with E-state index in [1.807, 2.05) is 29.2 Å². The summed E-state index contributed by atoms with van der Waals surface area (Å²) in [5.41, 5.74) is 4.27. The predicted octanol–water partition coefficient (Wildman–Crippen LogP) is 4.51. The summed E-state index contributed by atoms with van der Waals surface area (Å²) in [5.74, 6) is 1.02. The lowest BCUT2D eigenvalue weighted by molar-refractivity contribution is -0.118. The Labute approximate surface area is 186 Å². The van der Waals surface area contributed by atoms with Crippen molar-refractivity contribution in [2.75, 3.05) is 23.4 Å². The molecule has 7 nitrogen and oxygen atoms in total. The summed E-state index contributed by atoms with van der Waals surface area (Å²) < 4.78 is 19.4. The maximum atomic E-state index is 13.9. The third-order valence-corrected chi connectivity index (χ3v) is 5.98. The highest BCUT2D eigenvalue weighted by molar-refractivity contribution is 6.31. The zero-order valence-electron chi connectivity index (χ0n) is 16.6. The molecule has 0 radical (unpaired) electrons. The molecule has 0 saturated carbocycles. The van der Waals surface area contributed by atoms with Crippen LogP contribution in [0.4, 0.5) is 21.7 Å². The van der Waals surface area contributed by atoms with Gasteiger partial charge < -0.3 is 15.0 Å². The summed E-state index contributed by atoms with van der Waals surface area (Å²) in [7, 11) is 0. The first-order valence-electron chi connectivity index (χ1n) is 10.00. The Morgan fingerprint density at radius 2 is 2.00 bits per heavy atom. The van der Waals surface area contributed by atoms with E-state index in [0.29, 0.717) is 24.5 Å². The Kier molecular flexibility index (Phi) is 4.22. The standard InChI is InChI=1S/C23H15ClFN5O2/c24-16-8-19-13(6-17(16)25)3-4-30(19)23-15-5-12(1-2-18(15)27-11-28-23)14-7-20-22(26-9-14)29-21(31)10-32-20/h1-2,5-9,11H,3-4,10H2,(H,26,29,31). The first kappa shape index (κ1) is 18.9. The highest BCUT2D eigenvalue weighted by atomic mass is 35.5. The van der Waals surface area contributed by atoms with Crippen molar-refractivity contribution < 1.29 is 13.9 Å². The number of halogens is 2. The number of rotatable bonds is 2. The van der Waals surface area contributed by atoms with Crippen LogP contribution in [0.5, 0.6) is 5.75 Å². The van der Waals surface area contributed by atoms with Crippen molar-refractivity contribution in [3.05, 3.63) is 65.3 Å². The third kappa shape index (κ3) is 3.03. The Balaban J connectivity index is 1.45. The summed E-state index contributed by atoms with van der Waals surface area (Å²) >= 11 is 6.06. The summed E-state index contributed by atoms with van der Waals surface area (Å²) in [6, 6.07) is 10.9. The molecular formula is C23H15ClFN5O2. The molecule has 0 saturated heterocycles. The van der Waals surface area contributed by atoms with Gasteiger partial charge in [-0.2, -0.15) is 0 Å². The van der Waals surface area contributed by atoms with Gasteiger partial charge in [0.1, 0.15) is 18.0 Å². The molecule has 158 valence electrons. The minimum absolute atomic E-state index is 0.0363. The average molecular weight is 448 g/mol. The number of benzene rings is 2. The second-order valence-electron chi connectivity index (χ2n) is 7.63. The monoisotopic (exact) mass is 447 g/mol.